The van der Waals surface area contributed by atoms with Crippen molar-refractivity contribution in [3.8, 4) is 11.5 Å². The first-order valence-electron chi connectivity index (χ1n) is 8.37. The number of hydrogen-bond acceptors (Lipinski definition) is 3. The van der Waals surface area contributed by atoms with Gasteiger partial charge in [0.25, 0.3) is 0 Å². The first-order valence-corrected chi connectivity index (χ1v) is 9.96. The van der Waals surface area contributed by atoms with Crippen molar-refractivity contribution in [1.29, 1.82) is 0 Å². The fourth-order valence-corrected chi connectivity index (χ4v) is 4.20. The van der Waals surface area contributed by atoms with Gasteiger partial charge < -0.3 is 9.31 Å². The molecule has 4 nitrogen and oxygen atoms in total. The van der Waals surface area contributed by atoms with Gasteiger partial charge in [-0.2, -0.15) is 0 Å². The molecule has 152 valence electrons. The zero-order valence-corrected chi connectivity index (χ0v) is 17.6. The molecule has 0 radical (unpaired) electrons. The summed E-state index contributed by atoms with van der Waals surface area (Å²) in [6, 6.07) is 9.28. The molecular formula is C18H6BBr2F5N2O2. The van der Waals surface area contributed by atoms with Gasteiger partial charge >= 0.3 is 6.69 Å². The molecule has 3 aromatic rings. The SMILES string of the molecule is Fc1c(F)c(F)c([B-]23Oc4cc(Br)ccc4N=[N+]2c2ccc(Br)cc2O3)c(F)c1F. The van der Waals surface area contributed by atoms with Crippen LogP contribution in [0.2, 0.25) is 0 Å². The summed E-state index contributed by atoms with van der Waals surface area (Å²) in [6.07, 6.45) is 0. The van der Waals surface area contributed by atoms with Crippen LogP contribution in [-0.4, -0.2) is 11.3 Å². The Kier molecular flexibility index (Phi) is 4.23. The molecule has 0 aliphatic carbocycles. The molecule has 0 spiro atoms. The van der Waals surface area contributed by atoms with Crippen molar-refractivity contribution in [2.45, 2.75) is 0 Å². The van der Waals surface area contributed by atoms with E-state index in [4.69, 9.17) is 9.31 Å². The maximum atomic E-state index is 14.8. The maximum absolute atomic E-state index is 14.8. The lowest BCUT2D eigenvalue weighted by atomic mass is 9.62. The third-order valence-corrected chi connectivity index (χ3v) is 5.80. The van der Waals surface area contributed by atoms with Crippen LogP contribution in [0.4, 0.5) is 33.3 Å². The minimum atomic E-state index is -3.49. The number of benzene rings is 3. The summed E-state index contributed by atoms with van der Waals surface area (Å²) in [7, 11) is 0. The van der Waals surface area contributed by atoms with Gasteiger partial charge in [0.05, 0.1) is 0 Å². The van der Waals surface area contributed by atoms with E-state index in [2.05, 4.69) is 37.0 Å². The van der Waals surface area contributed by atoms with Crippen molar-refractivity contribution < 1.29 is 35.9 Å². The van der Waals surface area contributed by atoms with Crippen LogP contribution >= 0.6 is 31.9 Å². The van der Waals surface area contributed by atoms with Gasteiger partial charge in [0.2, 0.25) is 5.69 Å². The predicted molar refractivity (Wildman–Crippen MR) is 103 cm³/mol. The molecular weight excluding hydrogens is 542 g/mol. The van der Waals surface area contributed by atoms with Crippen LogP contribution in [0.1, 0.15) is 0 Å². The van der Waals surface area contributed by atoms with Gasteiger partial charge in [0, 0.05) is 20.5 Å². The van der Waals surface area contributed by atoms with E-state index >= 15 is 0 Å². The van der Waals surface area contributed by atoms with E-state index in [1.807, 2.05) is 0 Å². The summed E-state index contributed by atoms with van der Waals surface area (Å²) in [5.41, 5.74) is -0.747. The maximum Gasteiger partial charge on any atom is 0.715 e. The van der Waals surface area contributed by atoms with Crippen molar-refractivity contribution in [3.05, 3.63) is 74.4 Å². The van der Waals surface area contributed by atoms with Gasteiger partial charge in [-0.05, 0) is 35.4 Å². The lowest BCUT2D eigenvalue weighted by Crippen LogP contribution is -2.67. The Bertz CT molecular complexity index is 1270. The van der Waals surface area contributed by atoms with E-state index in [-0.39, 0.29) is 22.9 Å². The molecule has 1 unspecified atom stereocenters. The number of nitrogens with zero attached hydrogens (tertiary/aromatic N) is 2. The predicted octanol–water partition coefficient (Wildman–Crippen LogP) is 5.97. The Labute approximate surface area is 182 Å². The molecule has 1 atom stereocenters. The lowest BCUT2D eigenvalue weighted by molar-refractivity contribution is -0.394. The summed E-state index contributed by atoms with van der Waals surface area (Å²) in [4.78, 5) is 0. The highest BCUT2D eigenvalue weighted by Gasteiger charge is 2.63. The summed E-state index contributed by atoms with van der Waals surface area (Å²) in [5.74, 6) is -10.5. The second kappa shape index (κ2) is 6.51. The van der Waals surface area contributed by atoms with E-state index in [0.717, 1.165) is 4.61 Å². The van der Waals surface area contributed by atoms with Crippen LogP contribution in [0.15, 0.2) is 50.5 Å². The quantitative estimate of drug-likeness (QED) is 0.163. The average Bonchev–Trinajstić information content (AvgIpc) is 3.01. The molecule has 0 saturated heterocycles. The zero-order chi connectivity index (χ0) is 21.4. The van der Waals surface area contributed by atoms with Crippen molar-refractivity contribution in [2.24, 2.45) is 5.11 Å². The summed E-state index contributed by atoms with van der Waals surface area (Å²) in [6.45, 7) is -3.49. The number of hydrogen-bond donors (Lipinski definition) is 0. The Hall–Kier alpha value is -2.47. The second-order valence-electron chi connectivity index (χ2n) is 6.56. The van der Waals surface area contributed by atoms with Crippen molar-refractivity contribution in [2.75, 3.05) is 0 Å². The van der Waals surface area contributed by atoms with Crippen LogP contribution in [0.3, 0.4) is 0 Å². The monoisotopic (exact) mass is 546 g/mol. The first kappa shape index (κ1) is 19.5. The molecule has 12 heteroatoms. The van der Waals surface area contributed by atoms with Gasteiger partial charge in [-0.15, -0.1) is 0 Å². The van der Waals surface area contributed by atoms with E-state index in [1.54, 1.807) is 18.2 Å². The Morgan fingerprint density at radius 1 is 0.733 bits per heavy atom. The molecule has 0 N–H and O–H groups in total. The minimum Gasteiger partial charge on any atom is -0.616 e. The molecule has 0 aromatic heterocycles. The van der Waals surface area contributed by atoms with Crippen molar-refractivity contribution in [3.63, 3.8) is 0 Å². The highest BCUT2D eigenvalue weighted by atomic mass is 79.9. The summed E-state index contributed by atoms with van der Waals surface area (Å²) >= 11 is 6.49. The summed E-state index contributed by atoms with van der Waals surface area (Å²) < 4.78 is 85.1. The topological polar surface area (TPSA) is 33.8 Å². The number of azo groups is 1. The molecule has 3 aromatic carbocycles. The highest BCUT2D eigenvalue weighted by molar-refractivity contribution is 9.10. The standard InChI is InChI=1S/C18H6BBr2F5N2O2/c20-7-1-3-9-11(5-7)29-19(13-14(22)16(24)18(26)17(25)15(13)23)28(27-9)10-4-2-8(21)6-12(10)30-19/h1-6H. The molecule has 2 heterocycles. The van der Waals surface area contributed by atoms with E-state index in [9.17, 15) is 22.0 Å². The Morgan fingerprint density at radius 2 is 1.27 bits per heavy atom. The van der Waals surface area contributed by atoms with E-state index in [1.165, 1.54) is 18.2 Å². The Morgan fingerprint density at radius 3 is 1.93 bits per heavy atom. The van der Waals surface area contributed by atoms with Crippen LogP contribution in [0, 0.1) is 29.1 Å². The first-order chi connectivity index (χ1) is 14.2. The number of fused-ring (bicyclic) bond motifs is 4. The minimum absolute atomic E-state index is 0.0384. The van der Waals surface area contributed by atoms with Crippen LogP contribution < -0.4 is 14.8 Å². The zero-order valence-electron chi connectivity index (χ0n) is 14.4. The second-order valence-corrected chi connectivity index (χ2v) is 8.39. The summed E-state index contributed by atoms with van der Waals surface area (Å²) in [5, 5.41) is 4.34. The molecule has 5 rings (SSSR count). The van der Waals surface area contributed by atoms with Gasteiger partial charge in [0.1, 0.15) is 23.1 Å². The van der Waals surface area contributed by atoms with Crippen LogP contribution in [0.25, 0.3) is 0 Å². The third kappa shape index (κ3) is 2.56. The smallest absolute Gasteiger partial charge is 0.616 e. The molecule has 0 bridgehead atoms. The largest absolute Gasteiger partial charge is 0.715 e. The van der Waals surface area contributed by atoms with Crippen LogP contribution in [0.5, 0.6) is 11.5 Å². The number of rotatable bonds is 1. The molecule has 0 amide bonds. The normalized spacial score (nSPS) is 18.7. The molecule has 0 fully saturated rings. The molecule has 2 aliphatic heterocycles. The number of halogens is 7. The van der Waals surface area contributed by atoms with Crippen molar-refractivity contribution in [1.82, 2.24) is 0 Å². The third-order valence-electron chi connectivity index (χ3n) is 4.81. The van der Waals surface area contributed by atoms with Crippen LogP contribution in [-0.2, 0) is 0 Å². The fraction of sp³-hybridized carbons (Fsp3) is 0. The van der Waals surface area contributed by atoms with Gasteiger partial charge in [0.15, 0.2) is 23.1 Å². The van der Waals surface area contributed by atoms with E-state index < -0.39 is 41.2 Å². The van der Waals surface area contributed by atoms with Crippen molar-refractivity contribution >= 4 is 55.4 Å². The lowest BCUT2D eigenvalue weighted by Gasteiger charge is -2.33. The molecule has 30 heavy (non-hydrogen) atoms. The van der Waals surface area contributed by atoms with Gasteiger partial charge in [-0.1, -0.05) is 31.9 Å². The highest BCUT2D eigenvalue weighted by Crippen LogP contribution is 2.47. The van der Waals surface area contributed by atoms with Gasteiger partial charge in [-0.3, -0.25) is 0 Å². The Balaban J connectivity index is 1.87. The molecule has 2 aliphatic rings. The molecule has 0 saturated carbocycles. The average molecular weight is 548 g/mol. The van der Waals surface area contributed by atoms with E-state index in [0.29, 0.717) is 8.95 Å². The fourth-order valence-electron chi connectivity index (χ4n) is 3.52. The van der Waals surface area contributed by atoms with Gasteiger partial charge in [-0.25, -0.2) is 26.6 Å².